The number of rotatable bonds is 12. The van der Waals surface area contributed by atoms with E-state index < -0.39 is 12.0 Å². The number of aromatic nitrogens is 2. The van der Waals surface area contributed by atoms with Crippen molar-refractivity contribution in [3.8, 4) is 39.6 Å². The molecule has 2 heterocycles. The highest BCUT2D eigenvalue weighted by atomic mass is 35.5. The largest absolute Gasteiger partial charge is 0.490 e. The molecule has 0 saturated heterocycles. The Morgan fingerprint density at radius 2 is 1.66 bits per heavy atom. The average molecular weight is 693 g/mol. The van der Waals surface area contributed by atoms with Crippen LogP contribution in [0, 0.1) is 22.7 Å². The predicted molar refractivity (Wildman–Crippen MR) is 178 cm³/mol. The van der Waals surface area contributed by atoms with E-state index in [9.17, 15) is 15.3 Å². The van der Waals surface area contributed by atoms with Crippen LogP contribution in [-0.2, 0) is 15.3 Å². The molecule has 44 heavy (non-hydrogen) atoms. The zero-order chi connectivity index (χ0) is 30.1. The molecule has 0 saturated carbocycles. The predicted octanol–water partition coefficient (Wildman–Crippen LogP) is 5.59. The van der Waals surface area contributed by atoms with Gasteiger partial charge in [0.05, 0.1) is 11.3 Å². The van der Waals surface area contributed by atoms with Crippen molar-refractivity contribution in [1.29, 1.82) is 10.5 Å². The number of esters is 1. The van der Waals surface area contributed by atoms with Gasteiger partial charge in [-0.05, 0) is 42.8 Å². The number of carbonyl (C=O) groups excluding carboxylic acids is 1. The van der Waals surface area contributed by atoms with E-state index in [1.54, 1.807) is 24.3 Å². The van der Waals surface area contributed by atoms with Gasteiger partial charge in [-0.25, -0.2) is 9.97 Å². The lowest BCUT2D eigenvalue weighted by Crippen LogP contribution is -2.35. The molecule has 2 aromatic heterocycles. The first kappa shape index (κ1) is 36.6. The average Bonchev–Trinajstić information content (AvgIpc) is 3.47. The number of halogens is 3. The molecule has 1 atom stereocenters. The Kier molecular flexibility index (Phi) is 14.7. The topological polar surface area (TPSA) is 187 Å². The summed E-state index contributed by atoms with van der Waals surface area (Å²) >= 11 is 8.82. The number of hydrogen-bond acceptors (Lipinski definition) is 12. The number of thioether (sulfide) groups is 1. The molecule has 15 heteroatoms. The molecule has 4 rings (SSSR count). The Morgan fingerprint density at radius 3 is 2.30 bits per heavy atom. The van der Waals surface area contributed by atoms with E-state index in [0.29, 0.717) is 45.6 Å². The molecular weight excluding hydrogens is 665 g/mol. The van der Waals surface area contributed by atoms with E-state index in [-0.39, 0.29) is 55.0 Å². The molecule has 0 amide bonds. The minimum absolute atomic E-state index is 0. The zero-order valence-electron chi connectivity index (χ0n) is 23.1. The molecule has 0 aliphatic carbocycles. The summed E-state index contributed by atoms with van der Waals surface area (Å²) in [4.78, 5) is 20.8. The summed E-state index contributed by atoms with van der Waals surface area (Å²) in [5, 5.41) is 23.8. The molecule has 10 nitrogen and oxygen atoms in total. The van der Waals surface area contributed by atoms with Crippen molar-refractivity contribution in [3.63, 3.8) is 0 Å². The summed E-state index contributed by atoms with van der Waals surface area (Å²) < 4.78 is 10.7. The molecule has 0 bridgehead atoms. The molecule has 0 fully saturated rings. The van der Waals surface area contributed by atoms with Gasteiger partial charge in [-0.1, -0.05) is 47.6 Å². The smallest absolute Gasteiger partial charge is 0.323 e. The molecule has 0 unspecified atom stereocenters. The summed E-state index contributed by atoms with van der Waals surface area (Å²) in [5.41, 5.74) is 20.4. The van der Waals surface area contributed by atoms with E-state index in [1.807, 2.05) is 29.6 Å². The van der Waals surface area contributed by atoms with Gasteiger partial charge in [-0.3, -0.25) is 4.79 Å². The maximum absolute atomic E-state index is 11.8. The van der Waals surface area contributed by atoms with E-state index >= 15 is 0 Å². The Labute approximate surface area is 280 Å². The van der Waals surface area contributed by atoms with Crippen LogP contribution in [0.5, 0.6) is 5.75 Å². The SMILES string of the molecule is Cl.Cl.N#Cc1c(N)nc(SCc2csc(-c3ccc(Cl)cc3)n2)c(C#N)c1-c1ccc(OCCOC(=O)[C@@H](N)CCN)cc1. The molecule has 230 valence electrons. The van der Waals surface area contributed by atoms with Gasteiger partial charge in [0.25, 0.3) is 0 Å². The monoisotopic (exact) mass is 691 g/mol. The molecule has 0 radical (unpaired) electrons. The Balaban J connectivity index is 0.00000337. The van der Waals surface area contributed by atoms with Crippen LogP contribution >= 0.6 is 59.5 Å². The Bertz CT molecular complexity index is 1640. The van der Waals surface area contributed by atoms with Crippen molar-refractivity contribution in [2.24, 2.45) is 11.5 Å². The van der Waals surface area contributed by atoms with Crippen molar-refractivity contribution in [3.05, 3.63) is 75.8 Å². The Morgan fingerprint density at radius 1 is 1.00 bits per heavy atom. The maximum atomic E-state index is 11.8. The highest BCUT2D eigenvalue weighted by Crippen LogP contribution is 2.37. The quantitative estimate of drug-likeness (QED) is 0.0955. The lowest BCUT2D eigenvalue weighted by molar-refractivity contribution is -0.146. The number of nitrogen functional groups attached to an aromatic ring is 1. The number of carbonyl (C=O) groups is 1. The van der Waals surface area contributed by atoms with Gasteiger partial charge in [0.2, 0.25) is 0 Å². The summed E-state index contributed by atoms with van der Waals surface area (Å²) in [6.45, 7) is 0.436. The zero-order valence-corrected chi connectivity index (χ0v) is 27.1. The van der Waals surface area contributed by atoms with Crippen LogP contribution in [0.3, 0.4) is 0 Å². The first-order valence-electron chi connectivity index (χ1n) is 12.7. The van der Waals surface area contributed by atoms with Crippen LogP contribution in [0.15, 0.2) is 58.9 Å². The summed E-state index contributed by atoms with van der Waals surface area (Å²) in [5.74, 6) is 0.456. The fourth-order valence-electron chi connectivity index (χ4n) is 3.86. The molecule has 0 aliphatic heterocycles. The van der Waals surface area contributed by atoms with Crippen molar-refractivity contribution in [2.75, 3.05) is 25.5 Å². The van der Waals surface area contributed by atoms with Crippen molar-refractivity contribution in [1.82, 2.24) is 9.97 Å². The molecule has 4 aromatic rings. The van der Waals surface area contributed by atoms with Crippen molar-refractivity contribution >= 4 is 71.3 Å². The number of hydrogen-bond donors (Lipinski definition) is 3. The van der Waals surface area contributed by atoms with Crippen molar-refractivity contribution in [2.45, 2.75) is 23.2 Å². The third-order valence-electron chi connectivity index (χ3n) is 5.94. The van der Waals surface area contributed by atoms with Crippen LogP contribution < -0.4 is 21.9 Å². The second-order valence-electron chi connectivity index (χ2n) is 8.81. The molecule has 0 spiro atoms. The van der Waals surface area contributed by atoms with E-state index in [4.69, 9.17) is 43.3 Å². The summed E-state index contributed by atoms with van der Waals surface area (Å²) in [6.07, 6.45) is 0.340. The lowest BCUT2D eigenvalue weighted by Gasteiger charge is -2.14. The highest BCUT2D eigenvalue weighted by Gasteiger charge is 2.21. The number of nitrogens with zero attached hydrogens (tertiary/aromatic N) is 4. The summed E-state index contributed by atoms with van der Waals surface area (Å²) in [6, 6.07) is 17.8. The third-order valence-corrected chi connectivity index (χ3v) is 8.14. The van der Waals surface area contributed by atoms with E-state index in [1.165, 1.54) is 23.1 Å². The normalized spacial score (nSPS) is 10.8. The van der Waals surface area contributed by atoms with E-state index in [0.717, 1.165) is 16.3 Å². The van der Waals surface area contributed by atoms with E-state index in [2.05, 4.69) is 17.1 Å². The summed E-state index contributed by atoms with van der Waals surface area (Å²) in [7, 11) is 0. The number of nitrogens with two attached hydrogens (primary N) is 3. The number of pyridine rings is 1. The van der Waals surface area contributed by atoms with Crippen LogP contribution in [-0.4, -0.2) is 41.7 Å². The molecular formula is C29H28Cl3N7O3S2. The standard InChI is InChI=1S/C29H26ClN7O3S2.2ClH/c30-19-5-1-18(2-6-19)27-36-20(15-41-27)16-42-28-23(14-33)25(22(13-32)26(35)37-28)17-3-7-21(8-4-17)39-11-12-40-29(38)24(34)9-10-31;;/h1-8,15,24H,9-12,16,31,34H2,(H2,35,37);2*1H/t24-;;/m0../s1. The first-order chi connectivity index (χ1) is 20.3. The van der Waals surface area contributed by atoms with Crippen LogP contribution in [0.1, 0.15) is 23.2 Å². The molecule has 6 N–H and O–H groups in total. The molecule has 2 aromatic carbocycles. The van der Waals surface area contributed by atoms with Gasteiger partial charge in [-0.15, -0.1) is 36.2 Å². The lowest BCUT2D eigenvalue weighted by atomic mass is 9.97. The van der Waals surface area contributed by atoms with Crippen LogP contribution in [0.25, 0.3) is 21.7 Å². The van der Waals surface area contributed by atoms with Crippen LogP contribution in [0.4, 0.5) is 5.82 Å². The van der Waals surface area contributed by atoms with Crippen LogP contribution in [0.2, 0.25) is 5.02 Å². The van der Waals surface area contributed by atoms with Gasteiger partial charge in [0.1, 0.15) is 58.6 Å². The minimum atomic E-state index is -0.762. The number of nitriles is 2. The van der Waals surface area contributed by atoms with Gasteiger partial charge >= 0.3 is 5.97 Å². The fraction of sp³-hybridized carbons (Fsp3) is 0.207. The van der Waals surface area contributed by atoms with Gasteiger partial charge in [0, 0.05) is 27.3 Å². The number of anilines is 1. The Hall–Kier alpha value is -3.59. The van der Waals surface area contributed by atoms with Crippen molar-refractivity contribution < 1.29 is 14.3 Å². The third kappa shape index (κ3) is 9.21. The number of benzene rings is 2. The second-order valence-corrected chi connectivity index (χ2v) is 11.1. The first-order valence-corrected chi connectivity index (χ1v) is 14.9. The number of ether oxygens (including phenoxy) is 2. The van der Waals surface area contributed by atoms with Gasteiger partial charge in [0.15, 0.2) is 0 Å². The highest BCUT2D eigenvalue weighted by molar-refractivity contribution is 7.98. The minimum Gasteiger partial charge on any atom is -0.490 e. The number of thiazole rings is 1. The second kappa shape index (κ2) is 17.6. The van der Waals surface area contributed by atoms with Gasteiger partial charge in [-0.2, -0.15) is 10.5 Å². The maximum Gasteiger partial charge on any atom is 0.323 e. The van der Waals surface area contributed by atoms with Gasteiger partial charge < -0.3 is 26.7 Å². The molecule has 0 aliphatic rings. The fourth-order valence-corrected chi connectivity index (χ4v) is 5.80.